The Balaban J connectivity index is 1.58. The van der Waals surface area contributed by atoms with E-state index in [1.54, 1.807) is 36.4 Å². The summed E-state index contributed by atoms with van der Waals surface area (Å²) >= 11 is 0. The van der Waals surface area contributed by atoms with Gasteiger partial charge in [-0.25, -0.2) is 4.39 Å². The molecule has 1 aliphatic rings. The third-order valence-corrected chi connectivity index (χ3v) is 4.40. The van der Waals surface area contributed by atoms with Crippen LogP contribution in [0.1, 0.15) is 45.5 Å². The van der Waals surface area contributed by atoms with E-state index in [2.05, 4.69) is 5.32 Å². The fraction of sp³-hybridized carbons (Fsp3) is 0.300. The van der Waals surface area contributed by atoms with Crippen LogP contribution in [0.15, 0.2) is 48.5 Å². The first-order valence-corrected chi connectivity index (χ1v) is 8.55. The molecular formula is C20H21FN2O2. The molecule has 0 bridgehead atoms. The largest absolute Gasteiger partial charge is 0.348 e. The molecule has 0 saturated carbocycles. The summed E-state index contributed by atoms with van der Waals surface area (Å²) in [5.41, 5.74) is 1.93. The van der Waals surface area contributed by atoms with Gasteiger partial charge in [-0.15, -0.1) is 0 Å². The highest BCUT2D eigenvalue weighted by atomic mass is 19.1. The summed E-state index contributed by atoms with van der Waals surface area (Å²) < 4.78 is 12.9. The highest BCUT2D eigenvalue weighted by Gasteiger charge is 2.18. The number of carbonyl (C=O) groups is 2. The molecule has 1 heterocycles. The van der Waals surface area contributed by atoms with E-state index in [-0.39, 0.29) is 17.6 Å². The van der Waals surface area contributed by atoms with Crippen molar-refractivity contribution in [2.24, 2.45) is 0 Å². The molecule has 2 amide bonds. The molecule has 1 fully saturated rings. The summed E-state index contributed by atoms with van der Waals surface area (Å²) in [6.07, 6.45) is 3.28. The highest BCUT2D eigenvalue weighted by Crippen LogP contribution is 2.14. The molecule has 0 aliphatic carbocycles. The Morgan fingerprint density at radius 3 is 2.12 bits per heavy atom. The van der Waals surface area contributed by atoms with E-state index in [0.717, 1.165) is 31.5 Å². The lowest BCUT2D eigenvalue weighted by molar-refractivity contribution is 0.0723. The molecule has 5 heteroatoms. The molecule has 0 radical (unpaired) electrons. The Morgan fingerprint density at radius 1 is 0.880 bits per heavy atom. The van der Waals surface area contributed by atoms with Gasteiger partial charge in [-0.2, -0.15) is 0 Å². The molecule has 130 valence electrons. The van der Waals surface area contributed by atoms with Gasteiger partial charge in [-0.1, -0.05) is 12.1 Å². The molecule has 1 aliphatic heterocycles. The van der Waals surface area contributed by atoms with Crippen molar-refractivity contribution in [3.8, 4) is 0 Å². The Morgan fingerprint density at radius 2 is 1.48 bits per heavy atom. The smallest absolute Gasteiger partial charge is 0.253 e. The number of hydrogen-bond donors (Lipinski definition) is 1. The van der Waals surface area contributed by atoms with Gasteiger partial charge in [-0.05, 0) is 61.2 Å². The van der Waals surface area contributed by atoms with E-state index in [4.69, 9.17) is 0 Å². The number of amides is 2. The number of nitrogens with one attached hydrogen (secondary N) is 1. The van der Waals surface area contributed by atoms with E-state index in [0.29, 0.717) is 17.7 Å². The molecular weight excluding hydrogens is 319 g/mol. The van der Waals surface area contributed by atoms with Crippen LogP contribution < -0.4 is 5.32 Å². The molecule has 3 rings (SSSR count). The number of hydrogen-bond acceptors (Lipinski definition) is 2. The summed E-state index contributed by atoms with van der Waals surface area (Å²) in [6.45, 7) is 1.94. The van der Waals surface area contributed by atoms with E-state index in [1.165, 1.54) is 18.6 Å². The minimum absolute atomic E-state index is 0.0259. The Bertz CT molecular complexity index is 735. The lowest BCUT2D eigenvalue weighted by atomic mass is 10.1. The summed E-state index contributed by atoms with van der Waals surface area (Å²) in [4.78, 5) is 26.5. The number of benzene rings is 2. The average molecular weight is 340 g/mol. The van der Waals surface area contributed by atoms with Crippen LogP contribution in [0.3, 0.4) is 0 Å². The summed E-state index contributed by atoms with van der Waals surface area (Å²) in [6, 6.07) is 12.7. The van der Waals surface area contributed by atoms with Crippen LogP contribution in [0, 0.1) is 5.82 Å². The number of piperidine rings is 1. The molecule has 0 aromatic heterocycles. The lowest BCUT2D eigenvalue weighted by Gasteiger charge is -2.26. The van der Waals surface area contributed by atoms with Gasteiger partial charge in [0, 0.05) is 30.8 Å². The van der Waals surface area contributed by atoms with Crippen molar-refractivity contribution in [1.82, 2.24) is 10.2 Å². The zero-order chi connectivity index (χ0) is 17.6. The van der Waals surface area contributed by atoms with Crippen molar-refractivity contribution in [2.45, 2.75) is 25.8 Å². The maximum Gasteiger partial charge on any atom is 0.253 e. The minimum Gasteiger partial charge on any atom is -0.348 e. The first-order chi connectivity index (χ1) is 12.1. The maximum atomic E-state index is 12.9. The SMILES string of the molecule is O=C(NCc1ccc(F)cc1)c1ccc(C(=O)N2CCCCC2)cc1. The van der Waals surface area contributed by atoms with Gasteiger partial charge < -0.3 is 10.2 Å². The summed E-state index contributed by atoms with van der Waals surface area (Å²) in [5, 5.41) is 2.79. The summed E-state index contributed by atoms with van der Waals surface area (Å²) in [5.74, 6) is -0.497. The molecule has 2 aromatic rings. The second kappa shape index (κ2) is 7.92. The number of halogens is 1. The van der Waals surface area contributed by atoms with Gasteiger partial charge in [0.15, 0.2) is 0 Å². The monoisotopic (exact) mass is 340 g/mol. The van der Waals surface area contributed by atoms with Gasteiger partial charge in [0.2, 0.25) is 0 Å². The Labute approximate surface area is 146 Å². The van der Waals surface area contributed by atoms with Crippen molar-refractivity contribution in [3.63, 3.8) is 0 Å². The normalized spacial score (nSPS) is 14.2. The number of nitrogens with zero attached hydrogens (tertiary/aromatic N) is 1. The fourth-order valence-electron chi connectivity index (χ4n) is 2.93. The third-order valence-electron chi connectivity index (χ3n) is 4.40. The highest BCUT2D eigenvalue weighted by molar-refractivity contribution is 5.97. The molecule has 4 nitrogen and oxygen atoms in total. The Kier molecular flexibility index (Phi) is 5.43. The van der Waals surface area contributed by atoms with E-state index in [1.807, 2.05) is 4.90 Å². The standard InChI is InChI=1S/C20H21FN2O2/c21-18-10-4-15(5-11-18)14-22-19(24)16-6-8-17(9-7-16)20(25)23-12-2-1-3-13-23/h4-11H,1-3,12-14H2,(H,22,24). The van der Waals surface area contributed by atoms with Crippen molar-refractivity contribution in [2.75, 3.05) is 13.1 Å². The molecule has 0 unspecified atom stereocenters. The predicted octanol–water partition coefficient (Wildman–Crippen LogP) is 3.38. The Hall–Kier alpha value is -2.69. The zero-order valence-corrected chi connectivity index (χ0v) is 14.0. The second-order valence-corrected chi connectivity index (χ2v) is 6.24. The van der Waals surface area contributed by atoms with Crippen LogP contribution in [-0.2, 0) is 6.54 Å². The van der Waals surface area contributed by atoms with Crippen molar-refractivity contribution in [3.05, 3.63) is 71.0 Å². The van der Waals surface area contributed by atoms with Gasteiger partial charge in [0.1, 0.15) is 5.82 Å². The van der Waals surface area contributed by atoms with E-state index in [9.17, 15) is 14.0 Å². The van der Waals surface area contributed by atoms with Crippen LogP contribution in [0.4, 0.5) is 4.39 Å². The van der Waals surface area contributed by atoms with E-state index >= 15 is 0 Å². The molecule has 25 heavy (non-hydrogen) atoms. The number of carbonyl (C=O) groups excluding carboxylic acids is 2. The zero-order valence-electron chi connectivity index (χ0n) is 14.0. The van der Waals surface area contributed by atoms with Gasteiger partial charge >= 0.3 is 0 Å². The van der Waals surface area contributed by atoms with Gasteiger partial charge in [0.25, 0.3) is 11.8 Å². The van der Waals surface area contributed by atoms with Crippen molar-refractivity contribution >= 4 is 11.8 Å². The molecule has 1 N–H and O–H groups in total. The van der Waals surface area contributed by atoms with Crippen LogP contribution >= 0.6 is 0 Å². The second-order valence-electron chi connectivity index (χ2n) is 6.24. The first-order valence-electron chi connectivity index (χ1n) is 8.55. The molecule has 0 spiro atoms. The average Bonchev–Trinajstić information content (AvgIpc) is 2.67. The van der Waals surface area contributed by atoms with Crippen molar-refractivity contribution < 1.29 is 14.0 Å². The fourth-order valence-corrected chi connectivity index (χ4v) is 2.93. The van der Waals surface area contributed by atoms with Crippen LogP contribution in [0.5, 0.6) is 0 Å². The third kappa shape index (κ3) is 4.44. The van der Waals surface area contributed by atoms with Gasteiger partial charge in [-0.3, -0.25) is 9.59 Å². The predicted molar refractivity (Wildman–Crippen MR) is 93.8 cm³/mol. The molecule has 2 aromatic carbocycles. The van der Waals surface area contributed by atoms with E-state index < -0.39 is 0 Å². The minimum atomic E-state index is -0.302. The maximum absolute atomic E-state index is 12.9. The quantitative estimate of drug-likeness (QED) is 0.927. The van der Waals surface area contributed by atoms with Crippen LogP contribution in [-0.4, -0.2) is 29.8 Å². The lowest BCUT2D eigenvalue weighted by Crippen LogP contribution is -2.35. The molecule has 0 atom stereocenters. The number of likely N-dealkylation sites (tertiary alicyclic amines) is 1. The topological polar surface area (TPSA) is 49.4 Å². The van der Waals surface area contributed by atoms with Gasteiger partial charge in [0.05, 0.1) is 0 Å². The first kappa shape index (κ1) is 17.1. The van der Waals surface area contributed by atoms with Crippen molar-refractivity contribution in [1.29, 1.82) is 0 Å². The molecule has 1 saturated heterocycles. The summed E-state index contributed by atoms with van der Waals surface area (Å²) in [7, 11) is 0. The van der Waals surface area contributed by atoms with Crippen LogP contribution in [0.25, 0.3) is 0 Å². The van der Waals surface area contributed by atoms with Crippen LogP contribution in [0.2, 0.25) is 0 Å². The number of rotatable bonds is 4.